The lowest BCUT2D eigenvalue weighted by molar-refractivity contribution is -0.157. The van der Waals surface area contributed by atoms with Gasteiger partial charge in [-0.1, -0.05) is 13.0 Å². The average molecular weight is 373 g/mol. The number of ether oxygens (including phenoxy) is 2. The normalized spacial score (nSPS) is 33.9. The molecule has 1 aromatic carbocycles. The molecule has 1 aliphatic carbocycles. The van der Waals surface area contributed by atoms with Gasteiger partial charge in [0.2, 0.25) is 5.91 Å². The molecular formula is C20H23NO6. The van der Waals surface area contributed by atoms with Crippen LogP contribution in [0.4, 0.5) is 0 Å². The fraction of sp³-hybridized carbons (Fsp3) is 0.550. The minimum absolute atomic E-state index is 0.102. The number of hydrogen-bond donors (Lipinski definition) is 1. The number of carboxylic acids is 1. The predicted molar refractivity (Wildman–Crippen MR) is 94.0 cm³/mol. The first-order valence-electron chi connectivity index (χ1n) is 9.15. The summed E-state index contributed by atoms with van der Waals surface area (Å²) in [7, 11) is 2.89. The number of methoxy groups -OCH3 is 2. The van der Waals surface area contributed by atoms with Crippen LogP contribution in [0.2, 0.25) is 0 Å². The lowest BCUT2D eigenvalue weighted by Crippen LogP contribution is -2.57. The second kappa shape index (κ2) is 5.97. The highest BCUT2D eigenvalue weighted by Gasteiger charge is 2.67. The average Bonchev–Trinajstić information content (AvgIpc) is 3.07. The van der Waals surface area contributed by atoms with Crippen molar-refractivity contribution in [2.75, 3.05) is 14.2 Å². The van der Waals surface area contributed by atoms with Crippen LogP contribution in [0.3, 0.4) is 0 Å². The Morgan fingerprint density at radius 1 is 1.26 bits per heavy atom. The summed E-state index contributed by atoms with van der Waals surface area (Å²) >= 11 is 0. The standard InChI is InChI=1S/C20H23NO6/c1-10-9-20-13-5-4-12(26-2)6-11(13)7-15(19(25)27-3)21(20)16(22)8-14(20)17(10)18(23)24/h4-6,10,14-15,17H,7-9H2,1-3H3,(H,23,24). The first kappa shape index (κ1) is 17.8. The number of benzene rings is 1. The van der Waals surface area contributed by atoms with E-state index >= 15 is 0 Å². The Morgan fingerprint density at radius 2 is 2.00 bits per heavy atom. The zero-order valence-electron chi connectivity index (χ0n) is 15.6. The van der Waals surface area contributed by atoms with Gasteiger partial charge in [-0.15, -0.1) is 0 Å². The number of carbonyl (C=O) groups excluding carboxylic acids is 2. The number of carbonyl (C=O) groups is 3. The molecule has 1 spiro atoms. The van der Waals surface area contributed by atoms with E-state index in [1.54, 1.807) is 12.0 Å². The molecule has 7 heteroatoms. The third-order valence-electron chi connectivity index (χ3n) is 6.65. The molecule has 1 N–H and O–H groups in total. The van der Waals surface area contributed by atoms with Gasteiger partial charge in [0, 0.05) is 18.8 Å². The van der Waals surface area contributed by atoms with Crippen molar-refractivity contribution in [1.29, 1.82) is 0 Å². The Labute approximate surface area is 157 Å². The predicted octanol–water partition coefficient (Wildman–Crippen LogP) is 1.58. The van der Waals surface area contributed by atoms with Crippen molar-refractivity contribution in [3.63, 3.8) is 0 Å². The number of carboxylic acid groups (broad SMARTS) is 1. The van der Waals surface area contributed by atoms with Gasteiger partial charge in [-0.25, -0.2) is 4.79 Å². The van der Waals surface area contributed by atoms with Gasteiger partial charge >= 0.3 is 11.9 Å². The maximum absolute atomic E-state index is 13.0. The first-order chi connectivity index (χ1) is 12.8. The van der Waals surface area contributed by atoms with Gasteiger partial charge in [-0.3, -0.25) is 9.59 Å². The van der Waals surface area contributed by atoms with Crippen LogP contribution in [0.25, 0.3) is 0 Å². The Bertz CT molecular complexity index is 836. The maximum atomic E-state index is 13.0. The topological polar surface area (TPSA) is 93.1 Å². The van der Waals surface area contributed by atoms with Crippen LogP contribution in [0.1, 0.15) is 30.9 Å². The lowest BCUT2D eigenvalue weighted by Gasteiger charge is -2.47. The molecule has 1 amide bonds. The Hall–Kier alpha value is -2.57. The monoisotopic (exact) mass is 373 g/mol. The molecule has 0 aromatic heterocycles. The quantitative estimate of drug-likeness (QED) is 0.809. The molecule has 1 saturated carbocycles. The summed E-state index contributed by atoms with van der Waals surface area (Å²) in [5.74, 6) is -1.94. The van der Waals surface area contributed by atoms with Crippen LogP contribution >= 0.6 is 0 Å². The number of aliphatic carboxylic acids is 1. The van der Waals surface area contributed by atoms with Crippen molar-refractivity contribution < 1.29 is 29.0 Å². The molecule has 2 fully saturated rings. The minimum atomic E-state index is -0.880. The molecular weight excluding hydrogens is 350 g/mol. The minimum Gasteiger partial charge on any atom is -0.497 e. The van der Waals surface area contributed by atoms with Crippen LogP contribution < -0.4 is 4.74 Å². The highest BCUT2D eigenvalue weighted by molar-refractivity contribution is 5.90. The van der Waals surface area contributed by atoms with Gasteiger partial charge < -0.3 is 19.5 Å². The summed E-state index contributed by atoms with van der Waals surface area (Å²) in [6.45, 7) is 1.92. The van der Waals surface area contributed by atoms with Crippen LogP contribution in [0.5, 0.6) is 5.75 Å². The van der Waals surface area contributed by atoms with Crippen molar-refractivity contribution in [3.05, 3.63) is 29.3 Å². The summed E-state index contributed by atoms with van der Waals surface area (Å²) in [6, 6.07) is 4.91. The fourth-order valence-electron chi connectivity index (χ4n) is 5.76. The second-order valence-corrected chi connectivity index (χ2v) is 7.81. The molecule has 5 atom stereocenters. The van der Waals surface area contributed by atoms with Gasteiger partial charge in [0.1, 0.15) is 11.8 Å². The van der Waals surface area contributed by atoms with E-state index < -0.39 is 29.4 Å². The van der Waals surface area contributed by atoms with E-state index in [1.165, 1.54) is 7.11 Å². The molecule has 2 heterocycles. The zero-order chi connectivity index (χ0) is 19.5. The van der Waals surface area contributed by atoms with Crippen LogP contribution in [0.15, 0.2) is 18.2 Å². The maximum Gasteiger partial charge on any atom is 0.328 e. The molecule has 2 aliphatic heterocycles. The third kappa shape index (κ3) is 2.23. The molecule has 1 saturated heterocycles. The van der Waals surface area contributed by atoms with Crippen molar-refractivity contribution >= 4 is 17.8 Å². The molecule has 3 aliphatic rings. The first-order valence-corrected chi connectivity index (χ1v) is 9.15. The van der Waals surface area contributed by atoms with Crippen molar-refractivity contribution in [2.45, 2.75) is 37.8 Å². The third-order valence-corrected chi connectivity index (χ3v) is 6.65. The fourth-order valence-corrected chi connectivity index (χ4v) is 5.76. The number of amides is 1. The van der Waals surface area contributed by atoms with Gasteiger partial charge in [-0.2, -0.15) is 0 Å². The Kier molecular flexibility index (Phi) is 3.94. The summed E-state index contributed by atoms with van der Waals surface area (Å²) in [6.07, 6.45) is 0.999. The molecule has 0 radical (unpaired) electrons. The van der Waals surface area contributed by atoms with E-state index in [-0.39, 0.29) is 24.2 Å². The summed E-state index contributed by atoms with van der Waals surface area (Å²) < 4.78 is 10.3. The number of nitrogens with zero attached hydrogens (tertiary/aromatic N) is 1. The molecule has 0 bridgehead atoms. The van der Waals surface area contributed by atoms with E-state index in [0.29, 0.717) is 18.6 Å². The molecule has 27 heavy (non-hydrogen) atoms. The molecule has 5 unspecified atom stereocenters. The Morgan fingerprint density at radius 3 is 2.63 bits per heavy atom. The van der Waals surface area contributed by atoms with Crippen LogP contribution in [-0.4, -0.2) is 48.1 Å². The smallest absolute Gasteiger partial charge is 0.328 e. The van der Waals surface area contributed by atoms with Crippen LogP contribution in [0, 0.1) is 17.8 Å². The number of rotatable bonds is 3. The highest BCUT2D eigenvalue weighted by atomic mass is 16.5. The van der Waals surface area contributed by atoms with E-state index in [1.807, 2.05) is 25.1 Å². The lowest BCUT2D eigenvalue weighted by atomic mass is 9.72. The SMILES string of the molecule is COC(=O)C1Cc2cc(OC)ccc2C23CC(C)C(C(=O)O)C2CC(=O)N13. The molecule has 4 rings (SSSR count). The molecule has 1 aromatic rings. The second-order valence-electron chi connectivity index (χ2n) is 7.81. The van der Waals surface area contributed by atoms with E-state index in [9.17, 15) is 19.5 Å². The molecule has 7 nitrogen and oxygen atoms in total. The highest BCUT2D eigenvalue weighted by Crippen LogP contribution is 2.62. The Balaban J connectivity index is 1.95. The van der Waals surface area contributed by atoms with Crippen LogP contribution in [-0.2, 0) is 31.1 Å². The summed E-state index contributed by atoms with van der Waals surface area (Å²) in [5, 5.41) is 9.81. The van der Waals surface area contributed by atoms with E-state index in [0.717, 1.165) is 11.1 Å². The largest absolute Gasteiger partial charge is 0.497 e. The van der Waals surface area contributed by atoms with Crippen molar-refractivity contribution in [3.8, 4) is 5.75 Å². The molecule has 144 valence electrons. The summed E-state index contributed by atoms with van der Waals surface area (Å²) in [5.41, 5.74) is 1.08. The zero-order valence-corrected chi connectivity index (χ0v) is 15.6. The summed E-state index contributed by atoms with van der Waals surface area (Å²) in [4.78, 5) is 39.1. The number of hydrogen-bond acceptors (Lipinski definition) is 5. The van der Waals surface area contributed by atoms with Gasteiger partial charge in [0.15, 0.2) is 0 Å². The van der Waals surface area contributed by atoms with Gasteiger partial charge in [0.05, 0.1) is 25.7 Å². The number of esters is 1. The van der Waals surface area contributed by atoms with Gasteiger partial charge in [-0.05, 0) is 35.6 Å². The van der Waals surface area contributed by atoms with Gasteiger partial charge in [0.25, 0.3) is 0 Å². The van der Waals surface area contributed by atoms with Crippen molar-refractivity contribution in [2.24, 2.45) is 17.8 Å². The van der Waals surface area contributed by atoms with Crippen molar-refractivity contribution in [1.82, 2.24) is 4.90 Å². The number of fused-ring (bicyclic) bond motifs is 1. The van der Waals surface area contributed by atoms with E-state index in [4.69, 9.17) is 9.47 Å². The van der Waals surface area contributed by atoms with E-state index in [2.05, 4.69) is 0 Å².